The number of anilines is 2. The maximum Gasteiger partial charge on any atom is 0.182 e. The average Bonchev–Trinajstić information content (AvgIpc) is 2.50. The standard InChI is InChI=1S/C8H16N4O4S2/c1-10-8-6(18(3,15)16)7(9)12(11-8)4-5-17(2,13)14/h4-5,9H2,1-3H3,(H,10,11). The molecule has 1 aromatic heterocycles. The molecule has 0 radical (unpaired) electrons. The number of aryl methyl sites for hydroxylation is 1. The molecule has 18 heavy (non-hydrogen) atoms. The van der Waals surface area contributed by atoms with E-state index in [2.05, 4.69) is 10.4 Å². The Morgan fingerprint density at radius 2 is 1.83 bits per heavy atom. The molecule has 1 aromatic rings. The molecule has 104 valence electrons. The number of aromatic nitrogens is 2. The largest absolute Gasteiger partial charge is 0.383 e. The minimum absolute atomic E-state index is 0.00880. The van der Waals surface area contributed by atoms with Gasteiger partial charge in [0.05, 0.1) is 12.3 Å². The summed E-state index contributed by atoms with van der Waals surface area (Å²) >= 11 is 0. The zero-order valence-corrected chi connectivity index (χ0v) is 12.0. The van der Waals surface area contributed by atoms with Crippen LogP contribution in [0.2, 0.25) is 0 Å². The SMILES string of the molecule is CNc1nn(CCS(C)(=O)=O)c(N)c1S(C)(=O)=O. The maximum atomic E-state index is 11.6. The fourth-order valence-electron chi connectivity index (χ4n) is 1.41. The number of nitrogen functional groups attached to an aromatic ring is 1. The Bertz CT molecular complexity index is 645. The molecular formula is C8H16N4O4S2. The molecule has 0 atom stereocenters. The normalized spacial score (nSPS) is 12.6. The van der Waals surface area contributed by atoms with E-state index in [1.54, 1.807) is 0 Å². The minimum Gasteiger partial charge on any atom is -0.383 e. The van der Waals surface area contributed by atoms with Crippen molar-refractivity contribution in [1.82, 2.24) is 9.78 Å². The van der Waals surface area contributed by atoms with Crippen LogP contribution in [0, 0.1) is 0 Å². The van der Waals surface area contributed by atoms with Crippen LogP contribution in [-0.2, 0) is 26.2 Å². The fourth-order valence-corrected chi connectivity index (χ4v) is 2.89. The monoisotopic (exact) mass is 296 g/mol. The number of hydrogen-bond acceptors (Lipinski definition) is 7. The molecule has 0 saturated carbocycles. The quantitative estimate of drug-likeness (QED) is 0.710. The molecule has 0 bridgehead atoms. The van der Waals surface area contributed by atoms with Crippen LogP contribution in [0.5, 0.6) is 0 Å². The summed E-state index contributed by atoms with van der Waals surface area (Å²) in [5.74, 6) is -0.111. The van der Waals surface area contributed by atoms with Gasteiger partial charge in [-0.05, 0) is 0 Å². The third kappa shape index (κ3) is 3.35. The van der Waals surface area contributed by atoms with E-state index in [1.807, 2.05) is 0 Å². The van der Waals surface area contributed by atoms with Gasteiger partial charge in [0.15, 0.2) is 20.6 Å². The Kier molecular flexibility index (Phi) is 3.91. The summed E-state index contributed by atoms with van der Waals surface area (Å²) in [5, 5.41) is 6.55. The van der Waals surface area contributed by atoms with E-state index < -0.39 is 19.7 Å². The Balaban J connectivity index is 3.22. The van der Waals surface area contributed by atoms with Crippen molar-refractivity contribution in [3.05, 3.63) is 0 Å². The van der Waals surface area contributed by atoms with Crippen molar-refractivity contribution in [2.45, 2.75) is 11.4 Å². The molecule has 0 spiro atoms. The summed E-state index contributed by atoms with van der Waals surface area (Å²) in [5.41, 5.74) is 5.68. The highest BCUT2D eigenvalue weighted by atomic mass is 32.2. The molecule has 1 rings (SSSR count). The zero-order chi connectivity index (χ0) is 14.1. The predicted molar refractivity (Wildman–Crippen MR) is 69.0 cm³/mol. The first-order valence-electron chi connectivity index (χ1n) is 4.98. The fraction of sp³-hybridized carbons (Fsp3) is 0.625. The van der Waals surface area contributed by atoms with Gasteiger partial charge in [-0.3, -0.25) is 0 Å². The van der Waals surface area contributed by atoms with Crippen LogP contribution < -0.4 is 11.1 Å². The first kappa shape index (κ1) is 14.8. The van der Waals surface area contributed by atoms with Crippen LogP contribution >= 0.6 is 0 Å². The van der Waals surface area contributed by atoms with E-state index in [-0.39, 0.29) is 28.8 Å². The smallest absolute Gasteiger partial charge is 0.182 e. The van der Waals surface area contributed by atoms with Crippen molar-refractivity contribution in [2.75, 3.05) is 36.4 Å². The lowest BCUT2D eigenvalue weighted by atomic mass is 10.5. The Labute approximate surface area is 106 Å². The highest BCUT2D eigenvalue weighted by Crippen LogP contribution is 2.26. The van der Waals surface area contributed by atoms with Crippen molar-refractivity contribution in [3.8, 4) is 0 Å². The van der Waals surface area contributed by atoms with E-state index >= 15 is 0 Å². The van der Waals surface area contributed by atoms with Crippen molar-refractivity contribution in [2.24, 2.45) is 0 Å². The summed E-state index contributed by atoms with van der Waals surface area (Å²) in [6.45, 7) is 0.00880. The van der Waals surface area contributed by atoms with E-state index in [1.165, 1.54) is 11.7 Å². The van der Waals surface area contributed by atoms with Gasteiger partial charge in [-0.15, -0.1) is 0 Å². The van der Waals surface area contributed by atoms with Crippen molar-refractivity contribution >= 4 is 31.3 Å². The predicted octanol–water partition coefficient (Wildman–Crippen LogP) is -1.04. The topological polar surface area (TPSA) is 124 Å². The molecule has 3 N–H and O–H groups in total. The first-order chi connectivity index (χ1) is 8.06. The first-order valence-corrected chi connectivity index (χ1v) is 8.93. The number of nitrogens with two attached hydrogens (primary N) is 1. The summed E-state index contributed by atoms with van der Waals surface area (Å²) in [7, 11) is -5.19. The number of rotatable bonds is 5. The lowest BCUT2D eigenvalue weighted by Crippen LogP contribution is -2.14. The zero-order valence-electron chi connectivity index (χ0n) is 10.3. The number of hydrogen-bond donors (Lipinski definition) is 2. The summed E-state index contributed by atoms with van der Waals surface area (Å²) < 4.78 is 46.4. The van der Waals surface area contributed by atoms with Gasteiger partial charge in [-0.25, -0.2) is 21.5 Å². The molecule has 0 aromatic carbocycles. The van der Waals surface area contributed by atoms with Gasteiger partial charge < -0.3 is 11.1 Å². The second-order valence-corrected chi connectivity index (χ2v) is 8.15. The average molecular weight is 296 g/mol. The molecule has 0 fully saturated rings. The van der Waals surface area contributed by atoms with Crippen LogP contribution in [0.3, 0.4) is 0 Å². The molecule has 0 aliphatic carbocycles. The molecular weight excluding hydrogens is 280 g/mol. The van der Waals surface area contributed by atoms with Gasteiger partial charge in [0, 0.05) is 19.6 Å². The lowest BCUT2D eigenvalue weighted by molar-refractivity contribution is 0.588. The molecule has 8 nitrogen and oxygen atoms in total. The van der Waals surface area contributed by atoms with Crippen molar-refractivity contribution in [1.29, 1.82) is 0 Å². The lowest BCUT2D eigenvalue weighted by Gasteiger charge is -2.03. The number of nitrogens with one attached hydrogen (secondary N) is 1. The summed E-state index contributed by atoms with van der Waals surface area (Å²) in [4.78, 5) is -0.112. The van der Waals surface area contributed by atoms with Gasteiger partial charge in [0.2, 0.25) is 0 Å². The van der Waals surface area contributed by atoms with Gasteiger partial charge in [0.1, 0.15) is 15.7 Å². The third-order valence-corrected chi connectivity index (χ3v) is 4.30. The molecule has 0 unspecified atom stereocenters. The van der Waals surface area contributed by atoms with E-state index in [0.717, 1.165) is 12.5 Å². The number of sulfone groups is 2. The van der Waals surface area contributed by atoms with E-state index in [9.17, 15) is 16.8 Å². The Hall–Kier alpha value is -1.29. The maximum absolute atomic E-state index is 11.6. The molecule has 0 aliphatic heterocycles. The van der Waals surface area contributed by atoms with Gasteiger partial charge in [-0.1, -0.05) is 0 Å². The Morgan fingerprint density at radius 3 is 2.17 bits per heavy atom. The number of nitrogens with zero attached hydrogens (tertiary/aromatic N) is 2. The van der Waals surface area contributed by atoms with Crippen LogP contribution in [0.15, 0.2) is 4.90 Å². The van der Waals surface area contributed by atoms with Crippen molar-refractivity contribution < 1.29 is 16.8 Å². The van der Waals surface area contributed by atoms with Gasteiger partial charge >= 0.3 is 0 Å². The molecule has 10 heteroatoms. The molecule has 0 saturated heterocycles. The van der Waals surface area contributed by atoms with Crippen molar-refractivity contribution in [3.63, 3.8) is 0 Å². The highest BCUT2D eigenvalue weighted by Gasteiger charge is 2.23. The second kappa shape index (κ2) is 4.76. The van der Waals surface area contributed by atoms with Gasteiger partial charge in [-0.2, -0.15) is 5.10 Å². The van der Waals surface area contributed by atoms with Gasteiger partial charge in [0.25, 0.3) is 0 Å². The molecule has 0 aliphatic rings. The van der Waals surface area contributed by atoms with E-state index in [0.29, 0.717) is 0 Å². The molecule has 0 amide bonds. The molecule has 1 heterocycles. The highest BCUT2D eigenvalue weighted by molar-refractivity contribution is 7.91. The minimum atomic E-state index is -3.53. The third-order valence-electron chi connectivity index (χ3n) is 2.23. The van der Waals surface area contributed by atoms with Crippen LogP contribution in [0.1, 0.15) is 0 Å². The van der Waals surface area contributed by atoms with E-state index in [4.69, 9.17) is 5.73 Å². The van der Waals surface area contributed by atoms with Crippen LogP contribution in [0.4, 0.5) is 11.6 Å². The Morgan fingerprint density at radius 1 is 1.28 bits per heavy atom. The summed E-state index contributed by atoms with van der Waals surface area (Å²) in [6.07, 6.45) is 2.10. The van der Waals surface area contributed by atoms with Crippen LogP contribution in [-0.4, -0.2) is 51.9 Å². The van der Waals surface area contributed by atoms with Crippen LogP contribution in [0.25, 0.3) is 0 Å². The summed E-state index contributed by atoms with van der Waals surface area (Å²) in [6, 6.07) is 0. The second-order valence-electron chi connectivity index (χ2n) is 3.94.